The molecule has 0 saturated carbocycles. The first-order valence-electron chi connectivity index (χ1n) is 9.38. The number of unbranched alkanes of at least 4 members (excludes halogenated alkanes) is 1. The number of nitrogens with zero attached hydrogens (tertiary/aromatic N) is 2. The van der Waals surface area contributed by atoms with E-state index in [1.165, 1.54) is 47.8 Å². The average Bonchev–Trinajstić information content (AvgIpc) is 3.13. The van der Waals surface area contributed by atoms with Crippen molar-refractivity contribution in [3.63, 3.8) is 0 Å². The van der Waals surface area contributed by atoms with E-state index in [0.29, 0.717) is 11.2 Å². The summed E-state index contributed by atoms with van der Waals surface area (Å²) in [5, 5.41) is 2.50. The summed E-state index contributed by atoms with van der Waals surface area (Å²) in [4.78, 5) is 16.5. The monoisotopic (exact) mass is 471 g/mol. The van der Waals surface area contributed by atoms with Gasteiger partial charge in [0, 0.05) is 19.2 Å². The van der Waals surface area contributed by atoms with Crippen LogP contribution in [0.25, 0.3) is 10.2 Å². The van der Waals surface area contributed by atoms with E-state index in [4.69, 9.17) is 0 Å². The number of thiazole rings is 1. The smallest absolute Gasteiger partial charge is 0.298 e. The van der Waals surface area contributed by atoms with E-state index in [1.54, 1.807) is 0 Å². The summed E-state index contributed by atoms with van der Waals surface area (Å²) in [6, 6.07) is 9.07. The Bertz CT molecular complexity index is 1190. The largest absolute Gasteiger partial charge is 0.418 e. The van der Waals surface area contributed by atoms with Gasteiger partial charge in [0.05, 0.1) is 20.7 Å². The van der Waals surface area contributed by atoms with Crippen LogP contribution in [0.2, 0.25) is 0 Å². The SMILES string of the molecule is CCCCN(C)S(=O)(=O)c1ccc(C(=O)Nc2nc3c(C(F)(F)F)cccc3s2)cc1. The van der Waals surface area contributed by atoms with Gasteiger partial charge in [-0.1, -0.05) is 30.7 Å². The Morgan fingerprint density at radius 1 is 1.16 bits per heavy atom. The van der Waals surface area contributed by atoms with Crippen LogP contribution in [0.15, 0.2) is 47.4 Å². The third-order valence-electron chi connectivity index (χ3n) is 4.60. The molecule has 0 aliphatic rings. The number of amides is 1. The zero-order valence-electron chi connectivity index (χ0n) is 16.7. The number of halogens is 3. The number of hydrogen-bond acceptors (Lipinski definition) is 5. The Morgan fingerprint density at radius 2 is 1.84 bits per heavy atom. The van der Waals surface area contributed by atoms with Crippen molar-refractivity contribution in [1.29, 1.82) is 0 Å². The second-order valence-corrected chi connectivity index (χ2v) is 9.90. The number of hydrogen-bond donors (Lipinski definition) is 1. The maximum atomic E-state index is 13.1. The Morgan fingerprint density at radius 3 is 2.45 bits per heavy atom. The lowest BCUT2D eigenvalue weighted by Gasteiger charge is -2.16. The lowest BCUT2D eigenvalue weighted by atomic mass is 10.2. The molecule has 6 nitrogen and oxygen atoms in total. The fourth-order valence-corrected chi connectivity index (χ4v) is 4.96. The Hall–Kier alpha value is -2.50. The molecule has 0 fully saturated rings. The van der Waals surface area contributed by atoms with Crippen LogP contribution in [0.3, 0.4) is 0 Å². The number of sulfonamides is 1. The normalized spacial score (nSPS) is 12.5. The summed E-state index contributed by atoms with van der Waals surface area (Å²) in [6.07, 6.45) is -2.97. The van der Waals surface area contributed by atoms with Gasteiger partial charge in [-0.15, -0.1) is 0 Å². The molecule has 1 N–H and O–H groups in total. The van der Waals surface area contributed by atoms with Crippen molar-refractivity contribution in [2.45, 2.75) is 30.8 Å². The highest BCUT2D eigenvalue weighted by Crippen LogP contribution is 2.37. The molecule has 0 saturated heterocycles. The Balaban J connectivity index is 1.79. The maximum absolute atomic E-state index is 13.1. The van der Waals surface area contributed by atoms with Crippen LogP contribution in [0.5, 0.6) is 0 Å². The molecule has 11 heteroatoms. The van der Waals surface area contributed by atoms with Crippen LogP contribution < -0.4 is 5.32 Å². The summed E-state index contributed by atoms with van der Waals surface area (Å²) in [5.74, 6) is -0.601. The summed E-state index contributed by atoms with van der Waals surface area (Å²) in [6.45, 7) is 2.35. The van der Waals surface area contributed by atoms with Gasteiger partial charge in [0.2, 0.25) is 10.0 Å². The van der Waals surface area contributed by atoms with E-state index in [0.717, 1.165) is 30.2 Å². The molecule has 0 radical (unpaired) electrons. The molecular weight excluding hydrogens is 451 g/mol. The number of alkyl halides is 3. The first-order chi connectivity index (χ1) is 14.5. The van der Waals surface area contributed by atoms with Crippen LogP contribution in [0.1, 0.15) is 35.7 Å². The number of carbonyl (C=O) groups is 1. The average molecular weight is 472 g/mol. The van der Waals surface area contributed by atoms with Crippen LogP contribution >= 0.6 is 11.3 Å². The molecule has 0 atom stereocenters. The number of rotatable bonds is 7. The third kappa shape index (κ3) is 5.05. The number of para-hydroxylation sites is 1. The van der Waals surface area contributed by atoms with Crippen molar-refractivity contribution < 1.29 is 26.4 Å². The van der Waals surface area contributed by atoms with Gasteiger partial charge in [0.15, 0.2) is 5.13 Å². The lowest BCUT2D eigenvalue weighted by Crippen LogP contribution is -2.28. The molecule has 3 aromatic rings. The van der Waals surface area contributed by atoms with Crippen molar-refractivity contribution in [2.24, 2.45) is 0 Å². The minimum Gasteiger partial charge on any atom is -0.298 e. The van der Waals surface area contributed by atoms with Crippen molar-refractivity contribution >= 4 is 42.6 Å². The molecule has 0 bridgehead atoms. The molecule has 2 aromatic carbocycles. The summed E-state index contributed by atoms with van der Waals surface area (Å²) in [7, 11) is -2.17. The predicted molar refractivity (Wildman–Crippen MR) is 114 cm³/mol. The minimum atomic E-state index is -4.56. The highest BCUT2D eigenvalue weighted by molar-refractivity contribution is 7.89. The molecule has 31 heavy (non-hydrogen) atoms. The topological polar surface area (TPSA) is 79.4 Å². The molecule has 166 valence electrons. The fourth-order valence-electron chi connectivity index (χ4n) is 2.86. The quantitative estimate of drug-likeness (QED) is 0.527. The molecule has 1 amide bonds. The van der Waals surface area contributed by atoms with Crippen LogP contribution in [-0.2, 0) is 16.2 Å². The molecule has 1 heterocycles. The number of anilines is 1. The van der Waals surface area contributed by atoms with E-state index in [-0.39, 0.29) is 21.1 Å². The highest BCUT2D eigenvalue weighted by atomic mass is 32.2. The van der Waals surface area contributed by atoms with E-state index in [9.17, 15) is 26.4 Å². The second kappa shape index (κ2) is 8.93. The first kappa shape index (κ1) is 23.2. The van der Waals surface area contributed by atoms with Crippen LogP contribution in [0.4, 0.5) is 18.3 Å². The molecule has 0 aliphatic carbocycles. The van der Waals surface area contributed by atoms with Gasteiger partial charge in [0.25, 0.3) is 5.91 Å². The standard InChI is InChI=1S/C20H20F3N3O3S2/c1-3-4-12-26(2)31(28,29)14-10-8-13(9-11-14)18(27)25-19-24-17-15(20(21,22)23)6-5-7-16(17)30-19/h5-11H,3-4,12H2,1-2H3,(H,24,25,27). The van der Waals surface area contributed by atoms with Crippen LogP contribution in [0, 0.1) is 0 Å². The fraction of sp³-hybridized carbons (Fsp3) is 0.300. The van der Waals surface area contributed by atoms with Crippen LogP contribution in [-0.4, -0.2) is 37.2 Å². The molecule has 1 aromatic heterocycles. The highest BCUT2D eigenvalue weighted by Gasteiger charge is 2.33. The van der Waals surface area contributed by atoms with Crippen molar-refractivity contribution in [2.75, 3.05) is 18.9 Å². The number of carbonyl (C=O) groups excluding carboxylic acids is 1. The second-order valence-electron chi connectivity index (χ2n) is 6.83. The van der Waals surface area contributed by atoms with Crippen molar-refractivity contribution in [3.05, 3.63) is 53.6 Å². The van der Waals surface area contributed by atoms with E-state index >= 15 is 0 Å². The third-order valence-corrected chi connectivity index (χ3v) is 7.40. The van der Waals surface area contributed by atoms with Gasteiger partial charge >= 0.3 is 6.18 Å². The molecule has 0 unspecified atom stereocenters. The Labute approximate surface area is 181 Å². The van der Waals surface area contributed by atoms with Gasteiger partial charge in [-0.25, -0.2) is 17.7 Å². The first-order valence-corrected chi connectivity index (χ1v) is 11.6. The predicted octanol–water partition coefficient (Wildman–Crippen LogP) is 4.99. The summed E-state index contributed by atoms with van der Waals surface area (Å²) < 4.78 is 66.1. The molecule has 0 aliphatic heterocycles. The number of fused-ring (bicyclic) bond motifs is 1. The van der Waals surface area contributed by atoms with E-state index < -0.39 is 27.7 Å². The van der Waals surface area contributed by atoms with Gasteiger partial charge < -0.3 is 0 Å². The van der Waals surface area contributed by atoms with E-state index in [1.807, 2.05) is 6.92 Å². The van der Waals surface area contributed by atoms with Gasteiger partial charge in [-0.05, 0) is 42.8 Å². The van der Waals surface area contributed by atoms with Crippen molar-refractivity contribution in [3.8, 4) is 0 Å². The minimum absolute atomic E-state index is 0.0210. The van der Waals surface area contributed by atoms with Crippen molar-refractivity contribution in [1.82, 2.24) is 9.29 Å². The number of aromatic nitrogens is 1. The molecule has 0 spiro atoms. The lowest BCUT2D eigenvalue weighted by molar-refractivity contribution is -0.136. The van der Waals surface area contributed by atoms with Gasteiger partial charge in [-0.2, -0.15) is 13.2 Å². The number of nitrogens with one attached hydrogen (secondary N) is 1. The number of benzene rings is 2. The zero-order chi connectivity index (χ0) is 22.8. The van der Waals surface area contributed by atoms with Gasteiger partial charge in [0.1, 0.15) is 0 Å². The van der Waals surface area contributed by atoms with E-state index in [2.05, 4.69) is 10.3 Å². The summed E-state index contributed by atoms with van der Waals surface area (Å²) >= 11 is 0.924. The zero-order valence-corrected chi connectivity index (χ0v) is 18.4. The summed E-state index contributed by atoms with van der Waals surface area (Å²) in [5.41, 5.74) is -0.944. The Kier molecular flexibility index (Phi) is 6.68. The van der Waals surface area contributed by atoms with Gasteiger partial charge in [-0.3, -0.25) is 10.1 Å². The maximum Gasteiger partial charge on any atom is 0.418 e. The molecule has 3 rings (SSSR count). The molecular formula is C20H20F3N3O3S2.